The highest BCUT2D eigenvalue weighted by atomic mass is 35.5. The van der Waals surface area contributed by atoms with Gasteiger partial charge in [-0.15, -0.1) is 0 Å². The van der Waals surface area contributed by atoms with Gasteiger partial charge >= 0.3 is 0 Å². The van der Waals surface area contributed by atoms with Gasteiger partial charge < -0.3 is 10.2 Å². The molecule has 0 unspecified atom stereocenters. The lowest BCUT2D eigenvalue weighted by molar-refractivity contribution is 0.153. The number of likely N-dealkylation sites (N-methyl/N-ethyl adjacent to an activating group) is 1. The number of benzene rings is 1. The van der Waals surface area contributed by atoms with Crippen molar-refractivity contribution < 1.29 is 0 Å². The molecule has 1 aliphatic carbocycles. The molecule has 0 amide bonds. The molecule has 0 atom stereocenters. The minimum Gasteiger partial charge on any atom is -0.311 e. The highest BCUT2D eigenvalue weighted by molar-refractivity contribution is 6.30. The second-order valence-corrected chi connectivity index (χ2v) is 6.44. The molecule has 0 saturated heterocycles. The van der Waals surface area contributed by atoms with Crippen LogP contribution in [0.3, 0.4) is 0 Å². The van der Waals surface area contributed by atoms with Crippen LogP contribution in [0.1, 0.15) is 36.8 Å². The van der Waals surface area contributed by atoms with E-state index in [0.29, 0.717) is 5.54 Å². The molecule has 1 aromatic rings. The van der Waals surface area contributed by atoms with Gasteiger partial charge in [0.25, 0.3) is 0 Å². The van der Waals surface area contributed by atoms with Crippen molar-refractivity contribution >= 4 is 11.6 Å². The molecule has 1 aliphatic rings. The van der Waals surface area contributed by atoms with Crippen molar-refractivity contribution in [3.05, 3.63) is 34.3 Å². The van der Waals surface area contributed by atoms with Crippen molar-refractivity contribution in [1.82, 2.24) is 10.2 Å². The van der Waals surface area contributed by atoms with E-state index >= 15 is 0 Å². The van der Waals surface area contributed by atoms with E-state index < -0.39 is 0 Å². The summed E-state index contributed by atoms with van der Waals surface area (Å²) >= 11 is 5.99. The van der Waals surface area contributed by atoms with E-state index in [2.05, 4.69) is 37.3 Å². The van der Waals surface area contributed by atoms with Crippen molar-refractivity contribution in [1.29, 1.82) is 0 Å². The zero-order chi connectivity index (χ0) is 13.9. The summed E-state index contributed by atoms with van der Waals surface area (Å²) in [6, 6.07) is 6.14. The van der Waals surface area contributed by atoms with Crippen LogP contribution >= 0.6 is 11.6 Å². The highest BCUT2D eigenvalue weighted by Gasteiger charge is 2.35. The third-order valence-electron chi connectivity index (χ3n) is 4.56. The molecule has 0 bridgehead atoms. The first kappa shape index (κ1) is 14.8. The zero-order valence-corrected chi connectivity index (χ0v) is 13.1. The lowest BCUT2D eigenvalue weighted by atomic mass is 9.96. The van der Waals surface area contributed by atoms with Crippen molar-refractivity contribution in [3.8, 4) is 0 Å². The van der Waals surface area contributed by atoms with Crippen molar-refractivity contribution in [2.24, 2.45) is 0 Å². The lowest BCUT2D eigenvalue weighted by Crippen LogP contribution is -2.49. The molecule has 0 radical (unpaired) electrons. The van der Waals surface area contributed by atoms with Gasteiger partial charge in [-0.2, -0.15) is 0 Å². The second-order valence-electron chi connectivity index (χ2n) is 6.00. The molecule has 2 nitrogen and oxygen atoms in total. The molecule has 1 aromatic carbocycles. The Kier molecular flexibility index (Phi) is 4.88. The Morgan fingerprint density at radius 1 is 1.26 bits per heavy atom. The Bertz CT molecular complexity index is 423. The van der Waals surface area contributed by atoms with E-state index in [1.807, 2.05) is 12.1 Å². The molecule has 2 rings (SSSR count). The van der Waals surface area contributed by atoms with Gasteiger partial charge in [0.15, 0.2) is 0 Å². The summed E-state index contributed by atoms with van der Waals surface area (Å²) in [6.45, 7) is 4.13. The fraction of sp³-hybridized carbons (Fsp3) is 0.625. The van der Waals surface area contributed by atoms with Gasteiger partial charge in [0.2, 0.25) is 0 Å². The maximum Gasteiger partial charge on any atom is 0.0408 e. The number of halogens is 1. The maximum absolute atomic E-state index is 5.99. The monoisotopic (exact) mass is 280 g/mol. The maximum atomic E-state index is 5.99. The van der Waals surface area contributed by atoms with Crippen molar-refractivity contribution in [2.75, 3.05) is 20.6 Å². The van der Waals surface area contributed by atoms with Gasteiger partial charge in [-0.3, -0.25) is 0 Å². The first-order chi connectivity index (χ1) is 9.03. The average Bonchev–Trinajstić information content (AvgIpc) is 2.82. The number of aryl methyl sites for hydroxylation is 1. The van der Waals surface area contributed by atoms with Crippen LogP contribution in [-0.2, 0) is 6.54 Å². The number of nitrogens with one attached hydrogen (secondary N) is 1. The van der Waals surface area contributed by atoms with Crippen LogP contribution in [0.5, 0.6) is 0 Å². The molecular formula is C16H25ClN2. The van der Waals surface area contributed by atoms with Crippen LogP contribution in [0.15, 0.2) is 18.2 Å². The van der Waals surface area contributed by atoms with Gasteiger partial charge in [0.05, 0.1) is 0 Å². The van der Waals surface area contributed by atoms with Crippen LogP contribution in [0.25, 0.3) is 0 Å². The lowest BCUT2D eigenvalue weighted by Gasteiger charge is -2.36. The van der Waals surface area contributed by atoms with E-state index in [-0.39, 0.29) is 0 Å². The Morgan fingerprint density at radius 2 is 1.95 bits per heavy atom. The number of hydrogen-bond donors (Lipinski definition) is 1. The fourth-order valence-electron chi connectivity index (χ4n) is 3.10. The first-order valence-electron chi connectivity index (χ1n) is 7.17. The third kappa shape index (κ3) is 3.50. The third-order valence-corrected chi connectivity index (χ3v) is 4.79. The highest BCUT2D eigenvalue weighted by Crippen LogP contribution is 2.33. The van der Waals surface area contributed by atoms with E-state index in [0.717, 1.165) is 18.1 Å². The molecule has 1 fully saturated rings. The number of rotatable bonds is 5. The summed E-state index contributed by atoms with van der Waals surface area (Å²) in [5.74, 6) is 0. The smallest absolute Gasteiger partial charge is 0.0408 e. The summed E-state index contributed by atoms with van der Waals surface area (Å²) < 4.78 is 0. The molecule has 3 heteroatoms. The molecule has 1 N–H and O–H groups in total. The Morgan fingerprint density at radius 3 is 2.53 bits per heavy atom. The zero-order valence-electron chi connectivity index (χ0n) is 12.3. The van der Waals surface area contributed by atoms with E-state index in [9.17, 15) is 0 Å². The van der Waals surface area contributed by atoms with Gasteiger partial charge in [0.1, 0.15) is 0 Å². The summed E-state index contributed by atoms with van der Waals surface area (Å²) in [5, 5.41) is 4.46. The van der Waals surface area contributed by atoms with Crippen LogP contribution in [0.2, 0.25) is 5.02 Å². The molecule has 19 heavy (non-hydrogen) atoms. The molecule has 0 spiro atoms. The molecule has 0 heterocycles. The van der Waals surface area contributed by atoms with Gasteiger partial charge in [-0.25, -0.2) is 0 Å². The minimum atomic E-state index is 0.361. The standard InChI is InChI=1S/C16H25ClN2/c1-13-10-15(17)7-6-14(13)11-18-12-16(19(2)3)8-4-5-9-16/h6-7,10,18H,4-5,8-9,11-12H2,1-3H3. The normalized spacial score (nSPS) is 18.2. The minimum absolute atomic E-state index is 0.361. The molecule has 0 aromatic heterocycles. The Hall–Kier alpha value is -0.570. The van der Waals surface area contributed by atoms with Crippen LogP contribution < -0.4 is 5.32 Å². The largest absolute Gasteiger partial charge is 0.311 e. The van der Waals surface area contributed by atoms with E-state index in [1.165, 1.54) is 36.8 Å². The van der Waals surface area contributed by atoms with E-state index in [4.69, 9.17) is 11.6 Å². The number of nitrogens with zero attached hydrogens (tertiary/aromatic N) is 1. The topological polar surface area (TPSA) is 15.3 Å². The molecular weight excluding hydrogens is 256 g/mol. The SMILES string of the molecule is Cc1cc(Cl)ccc1CNCC1(N(C)C)CCCC1. The second kappa shape index (κ2) is 6.25. The van der Waals surface area contributed by atoms with Crippen molar-refractivity contribution in [2.45, 2.75) is 44.7 Å². The first-order valence-corrected chi connectivity index (χ1v) is 7.54. The van der Waals surface area contributed by atoms with Gasteiger partial charge in [-0.05, 0) is 57.1 Å². The van der Waals surface area contributed by atoms with Gasteiger partial charge in [-0.1, -0.05) is 30.5 Å². The Labute approximate surface area is 122 Å². The van der Waals surface area contributed by atoms with Crippen LogP contribution in [0, 0.1) is 6.92 Å². The summed E-state index contributed by atoms with van der Waals surface area (Å²) in [4.78, 5) is 2.40. The van der Waals surface area contributed by atoms with Crippen LogP contribution in [-0.4, -0.2) is 31.1 Å². The summed E-state index contributed by atoms with van der Waals surface area (Å²) in [5.41, 5.74) is 2.97. The quantitative estimate of drug-likeness (QED) is 0.886. The summed E-state index contributed by atoms with van der Waals surface area (Å²) in [6.07, 6.45) is 5.35. The van der Waals surface area contributed by atoms with E-state index in [1.54, 1.807) is 0 Å². The number of hydrogen-bond acceptors (Lipinski definition) is 2. The van der Waals surface area contributed by atoms with Gasteiger partial charge in [0, 0.05) is 23.7 Å². The average molecular weight is 281 g/mol. The van der Waals surface area contributed by atoms with Crippen molar-refractivity contribution in [3.63, 3.8) is 0 Å². The molecule has 1 saturated carbocycles. The van der Waals surface area contributed by atoms with Crippen LogP contribution in [0.4, 0.5) is 0 Å². The predicted molar refractivity (Wildman–Crippen MR) is 82.8 cm³/mol. The molecule has 106 valence electrons. The Balaban J connectivity index is 1.92. The predicted octanol–water partition coefficient (Wildman–Crippen LogP) is 3.61. The fourth-order valence-corrected chi connectivity index (χ4v) is 3.33. The summed E-state index contributed by atoms with van der Waals surface area (Å²) in [7, 11) is 4.42. The molecule has 0 aliphatic heterocycles.